The fraction of sp³-hybridized carbons (Fsp3) is 0.467. The molecule has 2 N–H and O–H groups in total. The molecule has 0 bridgehead atoms. The number of ether oxygens (including phenoxy) is 2. The monoisotopic (exact) mass is 293 g/mol. The van der Waals surface area contributed by atoms with Gasteiger partial charge in [-0.25, -0.2) is 4.79 Å². The summed E-state index contributed by atoms with van der Waals surface area (Å²) in [5.74, 6) is -0.973. The number of carbonyl (C=O) groups excluding carboxylic acids is 1. The number of amides is 1. The summed E-state index contributed by atoms with van der Waals surface area (Å²) in [6.07, 6.45) is 0.565. The summed E-state index contributed by atoms with van der Waals surface area (Å²) in [5.41, 5.74) is 0.875. The van der Waals surface area contributed by atoms with E-state index in [0.717, 1.165) is 18.4 Å². The number of rotatable bonds is 6. The summed E-state index contributed by atoms with van der Waals surface area (Å²) >= 11 is 0. The van der Waals surface area contributed by atoms with Gasteiger partial charge in [-0.05, 0) is 18.4 Å². The number of alkyl carbamates (subject to hydrolysis) is 1. The molecular formula is C15H19NO5. The Labute approximate surface area is 123 Å². The minimum atomic E-state index is -0.973. The second kappa shape index (κ2) is 7.64. The predicted molar refractivity (Wildman–Crippen MR) is 74.8 cm³/mol. The van der Waals surface area contributed by atoms with Gasteiger partial charge in [-0.15, -0.1) is 0 Å². The van der Waals surface area contributed by atoms with Gasteiger partial charge in [0.2, 0.25) is 0 Å². The molecule has 2 atom stereocenters. The number of carboxylic acids is 1. The van der Waals surface area contributed by atoms with Crippen LogP contribution in [0.2, 0.25) is 0 Å². The zero-order chi connectivity index (χ0) is 15.1. The van der Waals surface area contributed by atoms with Crippen molar-refractivity contribution in [3.05, 3.63) is 35.9 Å². The van der Waals surface area contributed by atoms with Crippen molar-refractivity contribution in [2.45, 2.75) is 38.0 Å². The molecule has 114 valence electrons. The van der Waals surface area contributed by atoms with Gasteiger partial charge in [-0.3, -0.25) is 4.79 Å². The van der Waals surface area contributed by atoms with Crippen LogP contribution in [0.1, 0.15) is 24.8 Å². The van der Waals surface area contributed by atoms with Crippen LogP contribution in [0.4, 0.5) is 4.79 Å². The quantitative estimate of drug-likeness (QED) is 0.837. The van der Waals surface area contributed by atoms with Crippen molar-refractivity contribution in [2.24, 2.45) is 0 Å². The SMILES string of the molecule is O=C(O)C[C@H](NC(=O)OCc1ccccc1)[C@H]1CCCO1. The molecule has 1 aliphatic rings. The van der Waals surface area contributed by atoms with Crippen LogP contribution in [0.3, 0.4) is 0 Å². The van der Waals surface area contributed by atoms with E-state index in [-0.39, 0.29) is 19.1 Å². The first-order chi connectivity index (χ1) is 10.1. The molecule has 2 rings (SSSR count). The number of carboxylic acid groups (broad SMARTS) is 1. The minimum Gasteiger partial charge on any atom is -0.481 e. The fourth-order valence-corrected chi connectivity index (χ4v) is 2.30. The van der Waals surface area contributed by atoms with E-state index in [1.165, 1.54) is 0 Å². The number of aliphatic carboxylic acids is 1. The summed E-state index contributed by atoms with van der Waals surface area (Å²) in [6, 6.07) is 8.73. The van der Waals surface area contributed by atoms with E-state index in [4.69, 9.17) is 14.6 Å². The molecule has 1 saturated heterocycles. The average Bonchev–Trinajstić information content (AvgIpc) is 2.99. The van der Waals surface area contributed by atoms with E-state index in [2.05, 4.69) is 5.32 Å². The van der Waals surface area contributed by atoms with Gasteiger partial charge in [0.05, 0.1) is 18.6 Å². The van der Waals surface area contributed by atoms with E-state index in [1.807, 2.05) is 30.3 Å². The second-order valence-corrected chi connectivity index (χ2v) is 4.96. The highest BCUT2D eigenvalue weighted by molar-refractivity contribution is 5.71. The smallest absolute Gasteiger partial charge is 0.407 e. The third kappa shape index (κ3) is 5.07. The maximum atomic E-state index is 11.8. The van der Waals surface area contributed by atoms with Crippen LogP contribution in [0.25, 0.3) is 0 Å². The second-order valence-electron chi connectivity index (χ2n) is 4.96. The molecular weight excluding hydrogens is 274 g/mol. The summed E-state index contributed by atoms with van der Waals surface area (Å²) in [5, 5.41) is 11.5. The molecule has 0 aliphatic carbocycles. The van der Waals surface area contributed by atoms with Gasteiger partial charge in [-0.2, -0.15) is 0 Å². The number of hydrogen-bond acceptors (Lipinski definition) is 4. The van der Waals surface area contributed by atoms with Crippen molar-refractivity contribution in [2.75, 3.05) is 6.61 Å². The maximum Gasteiger partial charge on any atom is 0.407 e. The average molecular weight is 293 g/mol. The molecule has 1 aliphatic heterocycles. The molecule has 1 aromatic rings. The highest BCUT2D eigenvalue weighted by atomic mass is 16.5. The Balaban J connectivity index is 1.83. The fourth-order valence-electron chi connectivity index (χ4n) is 2.30. The van der Waals surface area contributed by atoms with E-state index < -0.39 is 18.1 Å². The van der Waals surface area contributed by atoms with Gasteiger partial charge in [0.15, 0.2) is 0 Å². The van der Waals surface area contributed by atoms with E-state index in [1.54, 1.807) is 0 Å². The summed E-state index contributed by atoms with van der Waals surface area (Å²) in [7, 11) is 0. The number of benzene rings is 1. The van der Waals surface area contributed by atoms with Gasteiger partial charge in [-0.1, -0.05) is 30.3 Å². The Morgan fingerprint density at radius 2 is 2.14 bits per heavy atom. The summed E-state index contributed by atoms with van der Waals surface area (Å²) in [6.45, 7) is 0.750. The van der Waals surface area contributed by atoms with Crippen molar-refractivity contribution < 1.29 is 24.2 Å². The molecule has 1 fully saturated rings. The number of hydrogen-bond donors (Lipinski definition) is 2. The van der Waals surface area contributed by atoms with Gasteiger partial charge in [0, 0.05) is 6.61 Å². The molecule has 0 spiro atoms. The molecule has 0 aromatic heterocycles. The largest absolute Gasteiger partial charge is 0.481 e. The van der Waals surface area contributed by atoms with Crippen molar-refractivity contribution in [1.29, 1.82) is 0 Å². The van der Waals surface area contributed by atoms with Crippen LogP contribution in [0.15, 0.2) is 30.3 Å². The van der Waals surface area contributed by atoms with Crippen molar-refractivity contribution in [3.8, 4) is 0 Å². The first-order valence-corrected chi connectivity index (χ1v) is 6.96. The van der Waals surface area contributed by atoms with Crippen molar-refractivity contribution in [1.82, 2.24) is 5.32 Å². The zero-order valence-electron chi connectivity index (χ0n) is 11.7. The first kappa shape index (κ1) is 15.3. The molecule has 21 heavy (non-hydrogen) atoms. The third-order valence-corrected chi connectivity index (χ3v) is 3.32. The van der Waals surface area contributed by atoms with Crippen LogP contribution >= 0.6 is 0 Å². The molecule has 0 saturated carbocycles. The lowest BCUT2D eigenvalue weighted by atomic mass is 10.1. The molecule has 6 heteroatoms. The first-order valence-electron chi connectivity index (χ1n) is 6.96. The molecule has 0 radical (unpaired) electrons. The van der Waals surface area contributed by atoms with Gasteiger partial charge < -0.3 is 19.9 Å². The Bertz CT molecular complexity index is 470. The lowest BCUT2D eigenvalue weighted by Gasteiger charge is -2.22. The molecule has 6 nitrogen and oxygen atoms in total. The third-order valence-electron chi connectivity index (χ3n) is 3.32. The predicted octanol–water partition coefficient (Wildman–Crippen LogP) is 1.94. The van der Waals surface area contributed by atoms with Crippen LogP contribution in [0.5, 0.6) is 0 Å². The topological polar surface area (TPSA) is 84.9 Å². The maximum absolute atomic E-state index is 11.8. The van der Waals surface area contributed by atoms with Gasteiger partial charge in [0.25, 0.3) is 0 Å². The lowest BCUT2D eigenvalue weighted by molar-refractivity contribution is -0.138. The molecule has 1 amide bonds. The summed E-state index contributed by atoms with van der Waals surface area (Å²) < 4.78 is 10.5. The van der Waals surface area contributed by atoms with E-state index in [0.29, 0.717) is 6.61 Å². The molecule has 0 unspecified atom stereocenters. The summed E-state index contributed by atoms with van der Waals surface area (Å²) in [4.78, 5) is 22.7. The highest BCUT2D eigenvalue weighted by Crippen LogP contribution is 2.18. The Morgan fingerprint density at radius 1 is 1.38 bits per heavy atom. The standard InChI is InChI=1S/C15H19NO5/c17-14(18)9-12(13-7-4-8-20-13)16-15(19)21-10-11-5-2-1-3-6-11/h1-3,5-6,12-13H,4,7-10H2,(H,16,19)(H,17,18)/t12-,13+/m0/s1. The van der Waals surface area contributed by atoms with Gasteiger partial charge in [0.1, 0.15) is 6.61 Å². The zero-order valence-corrected chi connectivity index (χ0v) is 11.7. The van der Waals surface area contributed by atoms with Crippen LogP contribution in [-0.4, -0.2) is 35.9 Å². The molecule has 1 heterocycles. The normalized spacial score (nSPS) is 19.0. The number of carbonyl (C=O) groups is 2. The minimum absolute atomic E-state index is 0.151. The van der Waals surface area contributed by atoms with E-state index >= 15 is 0 Å². The lowest BCUT2D eigenvalue weighted by Crippen LogP contribution is -2.44. The molecule has 1 aromatic carbocycles. The van der Waals surface area contributed by atoms with Gasteiger partial charge >= 0.3 is 12.1 Å². The van der Waals surface area contributed by atoms with E-state index in [9.17, 15) is 9.59 Å². The Morgan fingerprint density at radius 3 is 2.76 bits per heavy atom. The Hall–Kier alpha value is -2.08. The van der Waals surface area contributed by atoms with Crippen LogP contribution in [-0.2, 0) is 20.9 Å². The van der Waals surface area contributed by atoms with Crippen molar-refractivity contribution >= 4 is 12.1 Å². The van der Waals surface area contributed by atoms with Crippen LogP contribution in [0, 0.1) is 0 Å². The van der Waals surface area contributed by atoms with Crippen LogP contribution < -0.4 is 5.32 Å². The number of nitrogens with one attached hydrogen (secondary N) is 1. The van der Waals surface area contributed by atoms with Crippen molar-refractivity contribution in [3.63, 3.8) is 0 Å². The highest BCUT2D eigenvalue weighted by Gasteiger charge is 2.29. The Kier molecular flexibility index (Phi) is 5.57.